The highest BCUT2D eigenvalue weighted by Crippen LogP contribution is 2.40. The number of rotatable bonds is 6. The lowest BCUT2D eigenvalue weighted by Gasteiger charge is -2.16. The summed E-state index contributed by atoms with van der Waals surface area (Å²) in [6.45, 7) is 1.68. The van der Waals surface area contributed by atoms with Gasteiger partial charge in [-0.25, -0.2) is 13.2 Å². The third kappa shape index (κ3) is 3.39. The number of methoxy groups -OCH3 is 3. The summed E-state index contributed by atoms with van der Waals surface area (Å²) >= 11 is 0. The van der Waals surface area contributed by atoms with Gasteiger partial charge in [-0.2, -0.15) is 0 Å². The summed E-state index contributed by atoms with van der Waals surface area (Å²) in [5, 5.41) is 0. The number of nitrogens with zero attached hydrogens (tertiary/aromatic N) is 2. The third-order valence-corrected chi connectivity index (χ3v) is 6.30. The van der Waals surface area contributed by atoms with E-state index in [1.54, 1.807) is 27.1 Å². The second-order valence-electron chi connectivity index (χ2n) is 6.53. The van der Waals surface area contributed by atoms with Crippen molar-refractivity contribution in [2.24, 2.45) is 14.1 Å². The summed E-state index contributed by atoms with van der Waals surface area (Å²) in [6.07, 6.45) is 0. The van der Waals surface area contributed by atoms with Crippen molar-refractivity contribution in [2.45, 2.75) is 11.8 Å². The third-order valence-electron chi connectivity index (χ3n) is 4.78. The first-order chi connectivity index (χ1) is 13.6. The quantitative estimate of drug-likeness (QED) is 0.654. The number of sulfonamides is 1. The lowest BCUT2D eigenvalue weighted by atomic mass is 10.2. The molecular weight excluding hydrogens is 398 g/mol. The van der Waals surface area contributed by atoms with Crippen LogP contribution in [0.4, 0.5) is 5.69 Å². The van der Waals surface area contributed by atoms with Crippen molar-refractivity contribution in [3.8, 4) is 17.2 Å². The molecule has 1 N–H and O–H groups in total. The van der Waals surface area contributed by atoms with Gasteiger partial charge in [0, 0.05) is 26.2 Å². The van der Waals surface area contributed by atoms with E-state index >= 15 is 0 Å². The number of aromatic nitrogens is 2. The van der Waals surface area contributed by atoms with E-state index in [2.05, 4.69) is 4.72 Å². The van der Waals surface area contributed by atoms with E-state index in [-0.39, 0.29) is 16.3 Å². The standard InChI is InChI=1S/C19H23N3O6S/c1-11-7-13-14(22(3)19(23)21(13)2)10-17(11)29(24,25)20-12-8-15(26-4)18(28-6)16(9-12)27-5/h7-10,20H,1-6H3. The summed E-state index contributed by atoms with van der Waals surface area (Å²) in [7, 11) is 3.65. The molecule has 29 heavy (non-hydrogen) atoms. The van der Waals surface area contributed by atoms with Crippen LogP contribution < -0.4 is 24.6 Å². The molecule has 0 radical (unpaired) electrons. The Labute approximate surface area is 168 Å². The van der Waals surface area contributed by atoms with Crippen LogP contribution in [0.15, 0.2) is 34.0 Å². The van der Waals surface area contributed by atoms with Gasteiger partial charge in [0.05, 0.1) is 42.9 Å². The van der Waals surface area contributed by atoms with E-state index in [4.69, 9.17) is 14.2 Å². The SMILES string of the molecule is COc1cc(NS(=O)(=O)c2cc3c(cc2C)n(C)c(=O)n3C)cc(OC)c1OC. The Balaban J connectivity index is 2.12. The Bertz CT molecular complexity index is 1230. The molecule has 1 aromatic heterocycles. The molecule has 2 aromatic carbocycles. The molecule has 0 aliphatic heterocycles. The van der Waals surface area contributed by atoms with Gasteiger partial charge in [0.25, 0.3) is 10.0 Å². The summed E-state index contributed by atoms with van der Waals surface area (Å²) < 4.78 is 47.4. The van der Waals surface area contributed by atoms with E-state index in [1.165, 1.54) is 48.7 Å². The first-order valence-corrected chi connectivity index (χ1v) is 10.1. The fraction of sp³-hybridized carbons (Fsp3) is 0.316. The zero-order chi connectivity index (χ0) is 21.5. The molecule has 0 spiro atoms. The summed E-state index contributed by atoms with van der Waals surface area (Å²) in [5.74, 6) is 0.999. The van der Waals surface area contributed by atoms with Gasteiger partial charge in [-0.1, -0.05) is 0 Å². The zero-order valence-electron chi connectivity index (χ0n) is 17.1. The van der Waals surface area contributed by atoms with Crippen molar-refractivity contribution in [2.75, 3.05) is 26.1 Å². The zero-order valence-corrected chi connectivity index (χ0v) is 17.9. The highest BCUT2D eigenvalue weighted by Gasteiger charge is 2.22. The number of ether oxygens (including phenoxy) is 3. The van der Waals surface area contributed by atoms with Gasteiger partial charge in [-0.15, -0.1) is 0 Å². The van der Waals surface area contributed by atoms with Crippen molar-refractivity contribution in [3.63, 3.8) is 0 Å². The number of aryl methyl sites for hydroxylation is 3. The van der Waals surface area contributed by atoms with Gasteiger partial charge < -0.3 is 14.2 Å². The van der Waals surface area contributed by atoms with Crippen LogP contribution in [-0.2, 0) is 24.1 Å². The molecule has 0 saturated carbocycles. The maximum Gasteiger partial charge on any atom is 0.328 e. The van der Waals surface area contributed by atoms with Crippen molar-refractivity contribution in [3.05, 3.63) is 40.3 Å². The maximum absolute atomic E-state index is 13.1. The number of hydrogen-bond donors (Lipinski definition) is 1. The summed E-state index contributed by atoms with van der Waals surface area (Å²) in [4.78, 5) is 12.2. The number of fused-ring (bicyclic) bond motifs is 1. The molecule has 9 nitrogen and oxygen atoms in total. The van der Waals surface area contributed by atoms with Gasteiger partial charge in [0.2, 0.25) is 5.75 Å². The van der Waals surface area contributed by atoms with Gasteiger partial charge >= 0.3 is 5.69 Å². The lowest BCUT2D eigenvalue weighted by molar-refractivity contribution is 0.325. The number of nitrogens with one attached hydrogen (secondary N) is 1. The smallest absolute Gasteiger partial charge is 0.328 e. The molecule has 10 heteroatoms. The van der Waals surface area contributed by atoms with Crippen LogP contribution in [0.5, 0.6) is 17.2 Å². The van der Waals surface area contributed by atoms with Gasteiger partial charge in [0.15, 0.2) is 11.5 Å². The predicted molar refractivity (Wildman–Crippen MR) is 110 cm³/mol. The van der Waals surface area contributed by atoms with Crippen LogP contribution in [0.1, 0.15) is 5.56 Å². The number of benzene rings is 2. The van der Waals surface area contributed by atoms with Crippen molar-refractivity contribution >= 4 is 26.7 Å². The molecule has 156 valence electrons. The van der Waals surface area contributed by atoms with Crippen LogP contribution in [0.25, 0.3) is 11.0 Å². The van der Waals surface area contributed by atoms with E-state index in [1.807, 2.05) is 0 Å². The Morgan fingerprint density at radius 1 is 0.862 bits per heavy atom. The molecule has 0 saturated heterocycles. The lowest BCUT2D eigenvalue weighted by Crippen LogP contribution is -2.19. The Morgan fingerprint density at radius 2 is 1.38 bits per heavy atom. The number of imidazole rings is 1. The Hall–Kier alpha value is -3.14. The molecule has 0 atom stereocenters. The van der Waals surface area contributed by atoms with Crippen LogP contribution in [0.3, 0.4) is 0 Å². The molecule has 0 amide bonds. The molecule has 3 rings (SSSR count). The van der Waals surface area contributed by atoms with E-state index < -0.39 is 10.0 Å². The molecule has 0 aliphatic rings. The van der Waals surface area contributed by atoms with Gasteiger partial charge in [-0.3, -0.25) is 13.9 Å². The number of anilines is 1. The molecule has 1 heterocycles. The topological polar surface area (TPSA) is 101 Å². The minimum atomic E-state index is -3.95. The largest absolute Gasteiger partial charge is 0.493 e. The van der Waals surface area contributed by atoms with Crippen LogP contribution in [0.2, 0.25) is 0 Å². The Kier molecular flexibility index (Phi) is 5.22. The molecule has 0 fully saturated rings. The van der Waals surface area contributed by atoms with Gasteiger partial charge in [0.1, 0.15) is 0 Å². The normalized spacial score (nSPS) is 11.5. The fourth-order valence-electron chi connectivity index (χ4n) is 3.27. The average molecular weight is 421 g/mol. The molecule has 0 bridgehead atoms. The highest BCUT2D eigenvalue weighted by atomic mass is 32.2. The van der Waals surface area contributed by atoms with Crippen LogP contribution in [0, 0.1) is 6.92 Å². The second kappa shape index (κ2) is 7.36. The first-order valence-electron chi connectivity index (χ1n) is 8.63. The average Bonchev–Trinajstić information content (AvgIpc) is 2.89. The van der Waals surface area contributed by atoms with Gasteiger partial charge in [-0.05, 0) is 24.6 Å². The first kappa shape index (κ1) is 20.6. The molecule has 0 aliphatic carbocycles. The monoisotopic (exact) mass is 421 g/mol. The second-order valence-corrected chi connectivity index (χ2v) is 8.18. The van der Waals surface area contributed by atoms with E-state index in [0.717, 1.165) is 0 Å². The summed E-state index contributed by atoms with van der Waals surface area (Å²) in [5.41, 5.74) is 1.71. The fourth-order valence-corrected chi connectivity index (χ4v) is 4.56. The van der Waals surface area contributed by atoms with Crippen molar-refractivity contribution in [1.82, 2.24) is 9.13 Å². The Morgan fingerprint density at radius 3 is 1.86 bits per heavy atom. The van der Waals surface area contributed by atoms with Crippen LogP contribution in [-0.4, -0.2) is 38.9 Å². The molecule has 0 unspecified atom stereocenters. The van der Waals surface area contributed by atoms with E-state index in [9.17, 15) is 13.2 Å². The van der Waals surface area contributed by atoms with Crippen LogP contribution >= 0.6 is 0 Å². The molecular formula is C19H23N3O6S. The maximum atomic E-state index is 13.1. The van der Waals surface area contributed by atoms with Crippen molar-refractivity contribution in [1.29, 1.82) is 0 Å². The minimum absolute atomic E-state index is 0.0694. The minimum Gasteiger partial charge on any atom is -0.493 e. The summed E-state index contributed by atoms with van der Waals surface area (Å²) in [6, 6.07) is 6.18. The molecule has 3 aromatic rings. The predicted octanol–water partition coefficient (Wildman–Crippen LogP) is 2.01. The van der Waals surface area contributed by atoms with Crippen molar-refractivity contribution < 1.29 is 22.6 Å². The highest BCUT2D eigenvalue weighted by molar-refractivity contribution is 7.92. The number of hydrogen-bond acceptors (Lipinski definition) is 6. The van der Waals surface area contributed by atoms with E-state index in [0.29, 0.717) is 33.8 Å².